The molecular formula is C18H12F3N3. The average molecular weight is 327 g/mol. The van der Waals surface area contributed by atoms with Gasteiger partial charge in [-0.2, -0.15) is 23.5 Å². The van der Waals surface area contributed by atoms with Gasteiger partial charge in [-0.15, -0.1) is 0 Å². The van der Waals surface area contributed by atoms with Crippen LogP contribution in [0.1, 0.15) is 17.0 Å². The number of nitrogens with zero attached hydrogens (tertiary/aromatic N) is 3. The molecular weight excluding hydrogens is 315 g/mol. The second-order valence-electron chi connectivity index (χ2n) is 5.30. The van der Waals surface area contributed by atoms with E-state index in [0.717, 1.165) is 10.2 Å². The lowest BCUT2D eigenvalue weighted by atomic mass is 10.0. The Bertz CT molecular complexity index is 919. The van der Waals surface area contributed by atoms with Gasteiger partial charge in [0.25, 0.3) is 0 Å². The van der Waals surface area contributed by atoms with Crippen LogP contribution in [0.15, 0.2) is 54.6 Å². The first-order chi connectivity index (χ1) is 11.4. The minimum absolute atomic E-state index is 0.140. The maximum Gasteiger partial charge on any atom is 0.435 e. The van der Waals surface area contributed by atoms with Crippen molar-refractivity contribution in [3.05, 3.63) is 71.5 Å². The topological polar surface area (TPSA) is 41.6 Å². The van der Waals surface area contributed by atoms with Crippen molar-refractivity contribution in [3.63, 3.8) is 0 Å². The van der Waals surface area contributed by atoms with Crippen LogP contribution in [0.5, 0.6) is 0 Å². The molecule has 3 nitrogen and oxygen atoms in total. The largest absolute Gasteiger partial charge is 0.435 e. The van der Waals surface area contributed by atoms with Gasteiger partial charge in [0.05, 0.1) is 11.3 Å². The third-order valence-electron chi connectivity index (χ3n) is 3.57. The molecule has 0 saturated carbocycles. The predicted octanol–water partition coefficient (Wildman–Crippen LogP) is 4.74. The van der Waals surface area contributed by atoms with E-state index in [0.29, 0.717) is 11.3 Å². The van der Waals surface area contributed by atoms with E-state index < -0.39 is 11.9 Å². The molecule has 0 aliphatic rings. The molecule has 0 N–H and O–H groups in total. The van der Waals surface area contributed by atoms with E-state index in [9.17, 15) is 18.4 Å². The quantitative estimate of drug-likeness (QED) is 0.682. The Labute approximate surface area is 136 Å². The summed E-state index contributed by atoms with van der Waals surface area (Å²) in [6, 6.07) is 16.7. The number of nitriles is 1. The molecule has 0 fully saturated rings. The fraction of sp³-hybridized carbons (Fsp3) is 0.111. The lowest BCUT2D eigenvalue weighted by Crippen LogP contribution is -2.08. The normalized spacial score (nSPS) is 11.3. The van der Waals surface area contributed by atoms with Crippen molar-refractivity contribution >= 4 is 0 Å². The van der Waals surface area contributed by atoms with E-state index in [4.69, 9.17) is 0 Å². The van der Waals surface area contributed by atoms with Gasteiger partial charge >= 0.3 is 6.18 Å². The molecule has 0 spiro atoms. The minimum atomic E-state index is -4.66. The monoisotopic (exact) mass is 327 g/mol. The molecule has 24 heavy (non-hydrogen) atoms. The SMILES string of the molecule is Cc1cccc(-n2nc(C(F)(F)F)c(-c3ccccc3)c2C#N)c1. The standard InChI is InChI=1S/C18H12F3N3/c1-12-6-5-9-14(10-12)24-15(11-22)16(13-7-3-2-4-8-13)17(23-24)18(19,20)21/h2-10H,1H3. The van der Waals surface area contributed by atoms with Crippen molar-refractivity contribution in [2.24, 2.45) is 0 Å². The molecule has 1 heterocycles. The number of aryl methyl sites for hydroxylation is 1. The van der Waals surface area contributed by atoms with Gasteiger partial charge in [-0.3, -0.25) is 0 Å². The van der Waals surface area contributed by atoms with E-state index in [1.807, 2.05) is 19.1 Å². The third kappa shape index (κ3) is 2.76. The molecule has 120 valence electrons. The van der Waals surface area contributed by atoms with Crippen molar-refractivity contribution in [1.29, 1.82) is 5.26 Å². The fourth-order valence-electron chi connectivity index (χ4n) is 2.54. The van der Waals surface area contributed by atoms with Crippen molar-refractivity contribution in [3.8, 4) is 22.9 Å². The van der Waals surface area contributed by atoms with E-state index in [-0.39, 0.29) is 11.3 Å². The number of alkyl halides is 3. The van der Waals surface area contributed by atoms with Gasteiger partial charge in [0, 0.05) is 0 Å². The zero-order valence-electron chi connectivity index (χ0n) is 12.7. The first-order valence-electron chi connectivity index (χ1n) is 7.14. The van der Waals surface area contributed by atoms with Crippen molar-refractivity contribution in [2.45, 2.75) is 13.1 Å². The molecule has 6 heteroatoms. The third-order valence-corrected chi connectivity index (χ3v) is 3.57. The van der Waals surface area contributed by atoms with Gasteiger partial charge in [-0.05, 0) is 30.2 Å². The van der Waals surface area contributed by atoms with Crippen LogP contribution in [0.4, 0.5) is 13.2 Å². The van der Waals surface area contributed by atoms with E-state index >= 15 is 0 Å². The summed E-state index contributed by atoms with van der Waals surface area (Å²) in [5.41, 5.74) is 0.180. The summed E-state index contributed by atoms with van der Waals surface area (Å²) in [6.45, 7) is 1.82. The summed E-state index contributed by atoms with van der Waals surface area (Å²) in [5.74, 6) is 0. The summed E-state index contributed by atoms with van der Waals surface area (Å²) < 4.78 is 41.5. The van der Waals surface area contributed by atoms with E-state index in [1.54, 1.807) is 36.4 Å². The molecule has 3 rings (SSSR count). The second-order valence-corrected chi connectivity index (χ2v) is 5.30. The summed E-state index contributed by atoms with van der Waals surface area (Å²) >= 11 is 0. The van der Waals surface area contributed by atoms with Gasteiger partial charge in [0.1, 0.15) is 6.07 Å². The summed E-state index contributed by atoms with van der Waals surface area (Å²) in [5, 5.41) is 13.2. The summed E-state index contributed by atoms with van der Waals surface area (Å²) in [7, 11) is 0. The predicted molar refractivity (Wildman–Crippen MR) is 83.5 cm³/mol. The van der Waals surface area contributed by atoms with Crippen molar-refractivity contribution < 1.29 is 13.2 Å². The molecule has 3 aromatic rings. The maximum atomic E-state index is 13.5. The molecule has 2 aromatic carbocycles. The second kappa shape index (κ2) is 5.85. The lowest BCUT2D eigenvalue weighted by Gasteiger charge is -2.06. The highest BCUT2D eigenvalue weighted by Crippen LogP contribution is 2.39. The van der Waals surface area contributed by atoms with Crippen molar-refractivity contribution in [2.75, 3.05) is 0 Å². The first-order valence-corrected chi connectivity index (χ1v) is 7.14. The number of hydrogen-bond donors (Lipinski definition) is 0. The van der Waals surface area contributed by atoms with Crippen LogP contribution >= 0.6 is 0 Å². The van der Waals surface area contributed by atoms with E-state index in [1.165, 1.54) is 12.1 Å². The number of benzene rings is 2. The zero-order chi connectivity index (χ0) is 17.3. The number of aromatic nitrogens is 2. The molecule has 1 aromatic heterocycles. The summed E-state index contributed by atoms with van der Waals surface area (Å²) in [4.78, 5) is 0. The number of halogens is 3. The highest BCUT2D eigenvalue weighted by molar-refractivity contribution is 5.73. The van der Waals surface area contributed by atoms with Crippen LogP contribution in [0.2, 0.25) is 0 Å². The molecule has 0 saturated heterocycles. The number of hydrogen-bond acceptors (Lipinski definition) is 2. The Kier molecular flexibility index (Phi) is 3.86. The van der Waals surface area contributed by atoms with Crippen LogP contribution in [-0.2, 0) is 6.18 Å². The molecule has 0 bridgehead atoms. The Morgan fingerprint density at radius 2 is 1.75 bits per heavy atom. The highest BCUT2D eigenvalue weighted by atomic mass is 19.4. The summed E-state index contributed by atoms with van der Waals surface area (Å²) in [6.07, 6.45) is -4.66. The Hall–Kier alpha value is -3.07. The van der Waals surface area contributed by atoms with Crippen molar-refractivity contribution in [1.82, 2.24) is 9.78 Å². The molecule has 0 aliphatic carbocycles. The smallest absolute Gasteiger partial charge is 0.222 e. The van der Waals surface area contributed by atoms with Gasteiger partial charge in [-0.25, -0.2) is 4.68 Å². The molecule has 0 unspecified atom stereocenters. The minimum Gasteiger partial charge on any atom is -0.222 e. The Morgan fingerprint density at radius 3 is 2.33 bits per heavy atom. The van der Waals surface area contributed by atoms with Crippen LogP contribution < -0.4 is 0 Å². The first kappa shape index (κ1) is 15.8. The average Bonchev–Trinajstić information content (AvgIpc) is 2.95. The van der Waals surface area contributed by atoms with Crippen LogP contribution in [0, 0.1) is 18.3 Å². The maximum absolute atomic E-state index is 13.5. The van der Waals surface area contributed by atoms with Crippen LogP contribution in [-0.4, -0.2) is 9.78 Å². The van der Waals surface area contributed by atoms with Gasteiger partial charge in [0.2, 0.25) is 0 Å². The molecule has 0 amide bonds. The van der Waals surface area contributed by atoms with Gasteiger partial charge in [-0.1, -0.05) is 42.5 Å². The number of rotatable bonds is 2. The van der Waals surface area contributed by atoms with Gasteiger partial charge in [0.15, 0.2) is 11.4 Å². The molecule has 0 atom stereocenters. The lowest BCUT2D eigenvalue weighted by molar-refractivity contribution is -0.140. The highest BCUT2D eigenvalue weighted by Gasteiger charge is 2.40. The zero-order valence-corrected chi connectivity index (χ0v) is 12.7. The van der Waals surface area contributed by atoms with Crippen LogP contribution in [0.25, 0.3) is 16.8 Å². The van der Waals surface area contributed by atoms with E-state index in [2.05, 4.69) is 5.10 Å². The molecule has 0 radical (unpaired) electrons. The van der Waals surface area contributed by atoms with Crippen LogP contribution in [0.3, 0.4) is 0 Å². The Balaban J connectivity index is 2.34. The fourth-order valence-corrected chi connectivity index (χ4v) is 2.54. The van der Waals surface area contributed by atoms with Gasteiger partial charge < -0.3 is 0 Å². The Morgan fingerprint density at radius 1 is 1.04 bits per heavy atom. The molecule has 0 aliphatic heterocycles.